The number of rotatable bonds is 4. The molecule has 1 N–H and O–H groups in total. The second-order valence-corrected chi connectivity index (χ2v) is 7.89. The summed E-state index contributed by atoms with van der Waals surface area (Å²) in [5, 5.41) is 2.82. The van der Waals surface area contributed by atoms with E-state index >= 15 is 0 Å². The van der Waals surface area contributed by atoms with Crippen LogP contribution in [-0.2, 0) is 4.74 Å². The summed E-state index contributed by atoms with van der Waals surface area (Å²) in [5.41, 5.74) is 2.59. The number of nitrogens with one attached hydrogen (secondary N) is 1. The number of carbonyl (C=O) groups excluding carboxylic acids is 3. The van der Waals surface area contributed by atoms with Gasteiger partial charge in [-0.15, -0.1) is 0 Å². The average molecular weight is 443 g/mol. The van der Waals surface area contributed by atoms with Crippen molar-refractivity contribution < 1.29 is 19.1 Å². The molecule has 0 bridgehead atoms. The van der Waals surface area contributed by atoms with Crippen LogP contribution in [0.5, 0.6) is 0 Å². The summed E-state index contributed by atoms with van der Waals surface area (Å²) < 4.78 is 6.50. The van der Waals surface area contributed by atoms with Gasteiger partial charge in [-0.2, -0.15) is 0 Å². The van der Waals surface area contributed by atoms with Crippen molar-refractivity contribution in [2.45, 2.75) is 25.9 Å². The summed E-state index contributed by atoms with van der Waals surface area (Å²) in [4.78, 5) is 39.1. The molecule has 1 unspecified atom stereocenters. The minimum atomic E-state index is -0.371. The highest BCUT2D eigenvalue weighted by Gasteiger charge is 2.37. The molecule has 144 valence electrons. The molecule has 1 atom stereocenters. The van der Waals surface area contributed by atoms with Crippen LogP contribution in [0.1, 0.15) is 49.5 Å². The van der Waals surface area contributed by atoms with E-state index in [9.17, 15) is 14.4 Å². The van der Waals surface area contributed by atoms with Gasteiger partial charge < -0.3 is 10.1 Å². The molecule has 7 heteroatoms. The van der Waals surface area contributed by atoms with Gasteiger partial charge in [-0.1, -0.05) is 15.9 Å². The third-order valence-corrected chi connectivity index (χ3v) is 5.95. The predicted molar refractivity (Wildman–Crippen MR) is 108 cm³/mol. The molecule has 1 saturated heterocycles. The number of ether oxygens (including phenoxy) is 1. The van der Waals surface area contributed by atoms with Crippen molar-refractivity contribution >= 4 is 39.3 Å². The van der Waals surface area contributed by atoms with E-state index in [1.54, 1.807) is 18.2 Å². The molecule has 3 amide bonds. The van der Waals surface area contributed by atoms with Crippen LogP contribution >= 0.6 is 15.9 Å². The average Bonchev–Trinajstić information content (AvgIpc) is 3.28. The van der Waals surface area contributed by atoms with Crippen LogP contribution in [0.4, 0.5) is 5.69 Å². The molecule has 0 spiro atoms. The van der Waals surface area contributed by atoms with Crippen molar-refractivity contribution in [1.29, 1.82) is 0 Å². The van der Waals surface area contributed by atoms with Gasteiger partial charge in [0.05, 0.1) is 23.8 Å². The minimum absolute atomic E-state index is 0.106. The molecule has 1 fully saturated rings. The Bertz CT molecular complexity index is 982. The van der Waals surface area contributed by atoms with E-state index in [0.717, 1.165) is 22.9 Å². The number of fused-ring (bicyclic) bond motifs is 1. The molecule has 28 heavy (non-hydrogen) atoms. The van der Waals surface area contributed by atoms with E-state index in [1.807, 2.05) is 19.1 Å². The summed E-state index contributed by atoms with van der Waals surface area (Å²) in [6.45, 7) is 2.85. The Hall–Kier alpha value is -2.51. The van der Waals surface area contributed by atoms with Gasteiger partial charge in [0.15, 0.2) is 0 Å². The Morgan fingerprint density at radius 2 is 1.96 bits per heavy atom. The number of aryl methyl sites for hydroxylation is 1. The topological polar surface area (TPSA) is 75.7 Å². The zero-order valence-electron chi connectivity index (χ0n) is 15.3. The summed E-state index contributed by atoms with van der Waals surface area (Å²) in [7, 11) is 0. The summed E-state index contributed by atoms with van der Waals surface area (Å²) in [6.07, 6.45) is 1.67. The monoisotopic (exact) mass is 442 g/mol. The lowest BCUT2D eigenvalue weighted by atomic mass is 10.1. The van der Waals surface area contributed by atoms with Gasteiger partial charge in [0.1, 0.15) is 0 Å². The van der Waals surface area contributed by atoms with Gasteiger partial charge in [-0.05, 0) is 61.7 Å². The number of anilines is 1. The van der Waals surface area contributed by atoms with E-state index < -0.39 is 0 Å². The minimum Gasteiger partial charge on any atom is -0.376 e. The molecule has 6 nitrogen and oxygen atoms in total. The van der Waals surface area contributed by atoms with Crippen molar-refractivity contribution in [3.63, 3.8) is 0 Å². The van der Waals surface area contributed by atoms with Crippen LogP contribution in [0.25, 0.3) is 0 Å². The normalized spacial score (nSPS) is 18.5. The second-order valence-electron chi connectivity index (χ2n) is 7.03. The fourth-order valence-corrected chi connectivity index (χ4v) is 3.76. The van der Waals surface area contributed by atoms with Crippen molar-refractivity contribution in [1.82, 2.24) is 4.90 Å². The molecule has 0 radical (unpaired) electrons. The van der Waals surface area contributed by atoms with E-state index in [0.29, 0.717) is 23.4 Å². The van der Waals surface area contributed by atoms with Gasteiger partial charge in [0.2, 0.25) is 0 Å². The predicted octanol–water partition coefficient (Wildman–Crippen LogP) is 3.78. The number of carbonyl (C=O) groups is 3. The Kier molecular flexibility index (Phi) is 5.03. The first-order chi connectivity index (χ1) is 13.4. The number of nitrogens with zero attached hydrogens (tertiary/aromatic N) is 1. The number of imide groups is 1. The third kappa shape index (κ3) is 3.47. The fraction of sp³-hybridized carbons (Fsp3) is 0.286. The van der Waals surface area contributed by atoms with Gasteiger partial charge in [-0.25, -0.2) is 0 Å². The van der Waals surface area contributed by atoms with Crippen molar-refractivity contribution in [2.75, 3.05) is 18.5 Å². The molecule has 2 aliphatic rings. The zero-order valence-corrected chi connectivity index (χ0v) is 16.9. The zero-order chi connectivity index (χ0) is 19.8. The van der Waals surface area contributed by atoms with Gasteiger partial charge in [0, 0.05) is 22.3 Å². The molecule has 4 rings (SSSR count). The number of hydrogen-bond donors (Lipinski definition) is 1. The Morgan fingerprint density at radius 3 is 2.68 bits per heavy atom. The van der Waals surface area contributed by atoms with E-state index in [-0.39, 0.29) is 35.9 Å². The lowest BCUT2D eigenvalue weighted by Crippen LogP contribution is -2.36. The highest BCUT2D eigenvalue weighted by Crippen LogP contribution is 2.27. The summed E-state index contributed by atoms with van der Waals surface area (Å²) in [6, 6.07) is 10.1. The smallest absolute Gasteiger partial charge is 0.261 e. The van der Waals surface area contributed by atoms with Gasteiger partial charge in [-0.3, -0.25) is 19.3 Å². The molecular formula is C21H19BrN2O4. The first-order valence-electron chi connectivity index (χ1n) is 9.13. The number of amides is 3. The fourth-order valence-electron chi connectivity index (χ4n) is 3.52. The van der Waals surface area contributed by atoms with Crippen LogP contribution < -0.4 is 5.32 Å². The van der Waals surface area contributed by atoms with E-state index in [4.69, 9.17) is 4.74 Å². The summed E-state index contributed by atoms with van der Waals surface area (Å²) in [5.74, 6) is -1.03. The van der Waals surface area contributed by atoms with Crippen LogP contribution in [0.2, 0.25) is 0 Å². The Morgan fingerprint density at radius 1 is 1.18 bits per heavy atom. The van der Waals surface area contributed by atoms with E-state index in [1.165, 1.54) is 11.0 Å². The number of halogens is 1. The van der Waals surface area contributed by atoms with Gasteiger partial charge in [0.25, 0.3) is 17.7 Å². The molecule has 2 aromatic rings. The van der Waals surface area contributed by atoms with Crippen LogP contribution in [-0.4, -0.2) is 41.9 Å². The van der Waals surface area contributed by atoms with Crippen LogP contribution in [0, 0.1) is 6.92 Å². The third-order valence-electron chi connectivity index (χ3n) is 5.06. The highest BCUT2D eigenvalue weighted by atomic mass is 79.9. The first kappa shape index (κ1) is 18.8. The largest absolute Gasteiger partial charge is 0.376 e. The number of benzene rings is 2. The molecule has 0 aromatic heterocycles. The lowest BCUT2D eigenvalue weighted by molar-refractivity contribution is 0.0475. The standard InChI is InChI=1S/C21H19BrN2O4/c1-12-9-14(5-7-18(12)22)23-19(25)13-4-6-16-17(10-13)21(27)24(20(16)26)11-15-3-2-8-28-15/h4-7,9-10,15H,2-3,8,11H2,1H3,(H,23,25). The van der Waals surface area contributed by atoms with Gasteiger partial charge >= 0.3 is 0 Å². The Balaban J connectivity index is 1.53. The maximum Gasteiger partial charge on any atom is 0.261 e. The molecule has 2 aliphatic heterocycles. The van der Waals surface area contributed by atoms with Crippen molar-refractivity contribution in [3.8, 4) is 0 Å². The number of hydrogen-bond acceptors (Lipinski definition) is 4. The maximum absolute atomic E-state index is 12.7. The SMILES string of the molecule is Cc1cc(NC(=O)c2ccc3c(c2)C(=O)N(CC2CCCO2)C3=O)ccc1Br. The van der Waals surface area contributed by atoms with Crippen LogP contribution in [0.15, 0.2) is 40.9 Å². The summed E-state index contributed by atoms with van der Waals surface area (Å²) >= 11 is 3.43. The van der Waals surface area contributed by atoms with Crippen molar-refractivity contribution in [3.05, 3.63) is 63.1 Å². The van der Waals surface area contributed by atoms with E-state index in [2.05, 4.69) is 21.2 Å². The molecular weight excluding hydrogens is 424 g/mol. The molecule has 2 aromatic carbocycles. The second kappa shape index (κ2) is 7.48. The first-order valence-corrected chi connectivity index (χ1v) is 9.92. The quantitative estimate of drug-likeness (QED) is 0.730. The highest BCUT2D eigenvalue weighted by molar-refractivity contribution is 9.10. The van der Waals surface area contributed by atoms with Crippen LogP contribution in [0.3, 0.4) is 0 Å². The maximum atomic E-state index is 12.7. The molecule has 0 aliphatic carbocycles. The van der Waals surface area contributed by atoms with Crippen molar-refractivity contribution in [2.24, 2.45) is 0 Å². The molecule has 2 heterocycles. The lowest BCUT2D eigenvalue weighted by Gasteiger charge is -2.17. The Labute approximate surface area is 171 Å². The molecule has 0 saturated carbocycles.